The summed E-state index contributed by atoms with van der Waals surface area (Å²) in [6.07, 6.45) is 1.61. The van der Waals surface area contributed by atoms with Crippen LogP contribution < -0.4 is 10.6 Å². The molecule has 2 rings (SSSR count). The maximum atomic E-state index is 11.7. The Morgan fingerprint density at radius 1 is 1.32 bits per heavy atom. The van der Waals surface area contributed by atoms with Gasteiger partial charge in [-0.05, 0) is 58.2 Å². The second-order valence-corrected chi connectivity index (χ2v) is 7.91. The lowest BCUT2D eigenvalue weighted by Crippen LogP contribution is -2.39. The number of rotatable bonds is 5. The molecule has 0 radical (unpaired) electrons. The predicted molar refractivity (Wildman–Crippen MR) is 92.0 cm³/mol. The highest BCUT2D eigenvalue weighted by atomic mass is 79.9. The molecule has 1 amide bonds. The number of ether oxygens (including phenoxy) is 1. The lowest BCUT2D eigenvalue weighted by Gasteiger charge is -2.20. The first-order chi connectivity index (χ1) is 10.2. The molecule has 2 N–H and O–H groups in total. The number of halogens is 1. The van der Waals surface area contributed by atoms with Gasteiger partial charge in [0.15, 0.2) is 0 Å². The highest BCUT2D eigenvalue weighted by Crippen LogP contribution is 2.23. The van der Waals surface area contributed by atoms with Gasteiger partial charge in [0.25, 0.3) is 0 Å². The van der Waals surface area contributed by atoms with Crippen LogP contribution in [-0.2, 0) is 11.2 Å². The maximum Gasteiger partial charge on any atom is 0.407 e. The summed E-state index contributed by atoms with van der Waals surface area (Å²) in [6.45, 7) is 7.78. The van der Waals surface area contributed by atoms with Gasteiger partial charge in [-0.2, -0.15) is 0 Å². The quantitative estimate of drug-likeness (QED) is 0.833. The first kappa shape index (κ1) is 17.3. The number of nitrogens with one attached hydrogen (secondary N) is 2. The van der Waals surface area contributed by atoms with Crippen LogP contribution in [0.5, 0.6) is 0 Å². The molecule has 0 aliphatic heterocycles. The summed E-state index contributed by atoms with van der Waals surface area (Å²) in [5.74, 6) is 0. The zero-order valence-corrected chi connectivity index (χ0v) is 15.2. The van der Waals surface area contributed by atoms with E-state index in [1.807, 2.05) is 20.8 Å². The molecule has 5 heteroatoms. The van der Waals surface area contributed by atoms with Crippen molar-refractivity contribution < 1.29 is 9.53 Å². The van der Waals surface area contributed by atoms with E-state index in [-0.39, 0.29) is 12.1 Å². The van der Waals surface area contributed by atoms with E-state index in [4.69, 9.17) is 4.74 Å². The third-order valence-electron chi connectivity index (χ3n) is 3.45. The van der Waals surface area contributed by atoms with Gasteiger partial charge in [0.05, 0.1) is 0 Å². The molecule has 0 aromatic heterocycles. The molecule has 22 heavy (non-hydrogen) atoms. The third kappa shape index (κ3) is 5.97. The van der Waals surface area contributed by atoms with E-state index in [9.17, 15) is 4.79 Å². The van der Waals surface area contributed by atoms with Crippen LogP contribution in [0.4, 0.5) is 4.79 Å². The van der Waals surface area contributed by atoms with E-state index in [0.29, 0.717) is 12.1 Å². The first-order valence-electron chi connectivity index (χ1n) is 7.73. The number of hydrogen-bond donors (Lipinski definition) is 2. The molecule has 122 valence electrons. The van der Waals surface area contributed by atoms with Gasteiger partial charge in [-0.15, -0.1) is 0 Å². The van der Waals surface area contributed by atoms with Crippen LogP contribution in [0.15, 0.2) is 28.7 Å². The molecule has 4 nitrogen and oxygen atoms in total. The summed E-state index contributed by atoms with van der Waals surface area (Å²) in [4.78, 5) is 11.7. The molecule has 0 bridgehead atoms. The number of alkyl carbamates (subject to hydrolysis) is 1. The first-order valence-corrected chi connectivity index (χ1v) is 8.52. The summed E-state index contributed by atoms with van der Waals surface area (Å²) in [7, 11) is 0. The summed E-state index contributed by atoms with van der Waals surface area (Å²) in [6, 6.07) is 9.28. The Hall–Kier alpha value is -1.07. The largest absolute Gasteiger partial charge is 0.444 e. The van der Waals surface area contributed by atoms with Crippen molar-refractivity contribution >= 4 is 22.0 Å². The van der Waals surface area contributed by atoms with E-state index in [1.165, 1.54) is 5.56 Å². The van der Waals surface area contributed by atoms with E-state index in [0.717, 1.165) is 17.3 Å². The minimum Gasteiger partial charge on any atom is -0.444 e. The Labute approximate surface area is 141 Å². The van der Waals surface area contributed by atoms with Crippen molar-refractivity contribution in [1.82, 2.24) is 10.6 Å². The smallest absolute Gasteiger partial charge is 0.407 e. The minimum atomic E-state index is -0.448. The summed E-state index contributed by atoms with van der Waals surface area (Å²) >= 11 is 3.45. The Bertz CT molecular complexity index is 510. The Balaban J connectivity index is 1.70. The number of benzene rings is 1. The van der Waals surface area contributed by atoms with Crippen LogP contribution in [0, 0.1) is 0 Å². The molecular formula is C17H25BrN2O2. The fourth-order valence-corrected chi connectivity index (χ4v) is 2.66. The highest BCUT2D eigenvalue weighted by molar-refractivity contribution is 9.10. The van der Waals surface area contributed by atoms with Crippen LogP contribution in [0.3, 0.4) is 0 Å². The topological polar surface area (TPSA) is 50.4 Å². The number of amides is 1. The zero-order chi connectivity index (χ0) is 16.3. The van der Waals surface area contributed by atoms with Crippen LogP contribution in [-0.4, -0.2) is 29.8 Å². The second kappa shape index (κ2) is 7.01. The maximum absolute atomic E-state index is 11.7. The SMILES string of the molecule is CC(Cc1ccc(Br)cc1)NC1CC1NC(=O)OC(C)(C)C. The average Bonchev–Trinajstić information content (AvgIpc) is 3.07. The van der Waals surface area contributed by atoms with Crippen molar-refractivity contribution in [3.8, 4) is 0 Å². The fraction of sp³-hybridized carbons (Fsp3) is 0.588. The zero-order valence-electron chi connectivity index (χ0n) is 13.7. The van der Waals surface area contributed by atoms with Gasteiger partial charge in [-0.3, -0.25) is 0 Å². The van der Waals surface area contributed by atoms with Crippen molar-refractivity contribution in [2.75, 3.05) is 0 Å². The molecule has 1 aromatic carbocycles. The molecule has 1 aromatic rings. The van der Waals surface area contributed by atoms with E-state index >= 15 is 0 Å². The monoisotopic (exact) mass is 368 g/mol. The number of carbonyl (C=O) groups is 1. The molecule has 0 saturated heterocycles. The molecule has 1 fully saturated rings. The highest BCUT2D eigenvalue weighted by Gasteiger charge is 2.39. The van der Waals surface area contributed by atoms with E-state index < -0.39 is 5.60 Å². The fourth-order valence-electron chi connectivity index (χ4n) is 2.40. The van der Waals surface area contributed by atoms with Crippen molar-refractivity contribution in [2.24, 2.45) is 0 Å². The molecule has 0 heterocycles. The molecule has 1 saturated carbocycles. The molecule has 3 atom stereocenters. The molecule has 1 aliphatic carbocycles. The minimum absolute atomic E-state index is 0.183. The number of hydrogen-bond acceptors (Lipinski definition) is 3. The van der Waals surface area contributed by atoms with E-state index in [1.54, 1.807) is 0 Å². The lowest BCUT2D eigenvalue weighted by molar-refractivity contribution is 0.0522. The summed E-state index contributed by atoms with van der Waals surface area (Å²) in [5.41, 5.74) is 0.858. The van der Waals surface area contributed by atoms with Gasteiger partial charge < -0.3 is 15.4 Å². The van der Waals surface area contributed by atoms with Gasteiger partial charge in [0.1, 0.15) is 5.60 Å². The molecular weight excluding hydrogens is 344 g/mol. The lowest BCUT2D eigenvalue weighted by atomic mass is 10.1. The molecule has 3 unspecified atom stereocenters. The Kier molecular flexibility index (Phi) is 5.50. The van der Waals surface area contributed by atoms with Crippen molar-refractivity contribution in [1.29, 1.82) is 0 Å². The van der Waals surface area contributed by atoms with E-state index in [2.05, 4.69) is 57.8 Å². The van der Waals surface area contributed by atoms with Crippen molar-refractivity contribution in [2.45, 2.75) is 64.3 Å². The van der Waals surface area contributed by atoms with Gasteiger partial charge in [-0.1, -0.05) is 28.1 Å². The van der Waals surface area contributed by atoms with Crippen LogP contribution in [0.25, 0.3) is 0 Å². The van der Waals surface area contributed by atoms with Gasteiger partial charge in [-0.25, -0.2) is 4.79 Å². The van der Waals surface area contributed by atoms with Crippen molar-refractivity contribution in [3.05, 3.63) is 34.3 Å². The summed E-state index contributed by atoms with van der Waals surface area (Å²) < 4.78 is 6.36. The molecule has 0 spiro atoms. The average molecular weight is 369 g/mol. The Morgan fingerprint density at radius 3 is 2.55 bits per heavy atom. The van der Waals surface area contributed by atoms with Crippen molar-refractivity contribution in [3.63, 3.8) is 0 Å². The normalized spacial score (nSPS) is 22.0. The van der Waals surface area contributed by atoms with Gasteiger partial charge in [0, 0.05) is 22.6 Å². The standard InChI is InChI=1S/C17H25BrN2O2/c1-11(9-12-5-7-13(18)8-6-12)19-14-10-15(14)20-16(21)22-17(2,3)4/h5-8,11,14-15,19H,9-10H2,1-4H3,(H,20,21). The van der Waals surface area contributed by atoms with Crippen LogP contribution >= 0.6 is 15.9 Å². The van der Waals surface area contributed by atoms with Crippen LogP contribution in [0.1, 0.15) is 39.7 Å². The third-order valence-corrected chi connectivity index (χ3v) is 3.97. The van der Waals surface area contributed by atoms with Crippen LogP contribution in [0.2, 0.25) is 0 Å². The van der Waals surface area contributed by atoms with Gasteiger partial charge in [0.2, 0.25) is 0 Å². The Morgan fingerprint density at radius 2 is 1.95 bits per heavy atom. The summed E-state index contributed by atoms with van der Waals surface area (Å²) in [5, 5.41) is 6.46. The second-order valence-electron chi connectivity index (χ2n) is 6.99. The van der Waals surface area contributed by atoms with Gasteiger partial charge >= 0.3 is 6.09 Å². The number of carbonyl (C=O) groups excluding carboxylic acids is 1. The predicted octanol–water partition coefficient (Wildman–Crippen LogP) is 3.64. The molecule has 1 aliphatic rings.